The van der Waals surface area contributed by atoms with Gasteiger partial charge in [-0.25, -0.2) is 0 Å². The molecule has 0 saturated heterocycles. The van der Waals surface area contributed by atoms with Crippen LogP contribution in [-0.4, -0.2) is 0 Å². The van der Waals surface area contributed by atoms with Crippen LogP contribution in [0.25, 0.3) is 44.5 Å². The minimum absolute atomic E-state index is 0.166. The van der Waals surface area contributed by atoms with Crippen molar-refractivity contribution < 1.29 is 0 Å². The Labute approximate surface area is 423 Å². The van der Waals surface area contributed by atoms with Crippen molar-refractivity contribution in [3.8, 4) is 44.5 Å². The van der Waals surface area contributed by atoms with Crippen molar-refractivity contribution in [3.63, 3.8) is 0 Å². The van der Waals surface area contributed by atoms with Crippen LogP contribution in [0.3, 0.4) is 0 Å². The van der Waals surface area contributed by atoms with E-state index < -0.39 is 10.8 Å². The molecule has 0 saturated carbocycles. The predicted molar refractivity (Wildman–Crippen MR) is 299 cm³/mol. The summed E-state index contributed by atoms with van der Waals surface area (Å²) in [5, 5.41) is 0. The van der Waals surface area contributed by atoms with E-state index in [1.807, 2.05) is 0 Å². The zero-order valence-electron chi connectivity index (χ0n) is 40.4. The lowest BCUT2D eigenvalue weighted by Gasteiger charge is -2.34. The van der Waals surface area contributed by atoms with Crippen LogP contribution in [0.4, 0.5) is 17.1 Å². The Morgan fingerprint density at radius 1 is 0.264 bits per heavy atom. The van der Waals surface area contributed by atoms with Gasteiger partial charge in [0.2, 0.25) is 0 Å². The van der Waals surface area contributed by atoms with Gasteiger partial charge in [-0.05, 0) is 131 Å². The molecule has 0 aromatic heterocycles. The standard InChI is InChI=1S/C71H51N/c1-69(2)61-33-18-15-30-56(61)58-45-43-55(47-65(58)69)72(67-37-21-36-64-68(67)60-32-17-20-35-63(60)70(64,50-22-7-3-8-23-50)51-24-9-4-10-25-51)54-41-38-48(39-42-54)49-40-44-59-57-31-16-19-34-62(57)71(66(59)46-49,52-26-11-5-12-27-52)53-28-13-6-14-29-53/h3-47H,1-2H3. The maximum absolute atomic E-state index is 2.53. The zero-order chi connectivity index (χ0) is 48.0. The highest BCUT2D eigenvalue weighted by Crippen LogP contribution is 2.61. The average molecular weight is 918 g/mol. The van der Waals surface area contributed by atoms with Gasteiger partial charge in [0.25, 0.3) is 0 Å². The molecule has 14 rings (SSSR count). The van der Waals surface area contributed by atoms with Crippen molar-refractivity contribution in [2.24, 2.45) is 0 Å². The highest BCUT2D eigenvalue weighted by molar-refractivity contribution is 5.98. The lowest BCUT2D eigenvalue weighted by molar-refractivity contribution is 0.660. The molecule has 1 heteroatoms. The minimum Gasteiger partial charge on any atom is -0.310 e. The highest BCUT2D eigenvalue weighted by atomic mass is 15.1. The monoisotopic (exact) mass is 917 g/mol. The molecule has 72 heavy (non-hydrogen) atoms. The third-order valence-electron chi connectivity index (χ3n) is 16.4. The second-order valence-electron chi connectivity index (χ2n) is 20.3. The van der Waals surface area contributed by atoms with E-state index in [9.17, 15) is 0 Å². The van der Waals surface area contributed by atoms with Gasteiger partial charge in [-0.2, -0.15) is 0 Å². The quantitative estimate of drug-likeness (QED) is 0.147. The summed E-state index contributed by atoms with van der Waals surface area (Å²) in [6, 6.07) is 102. The van der Waals surface area contributed by atoms with E-state index in [4.69, 9.17) is 0 Å². The lowest BCUT2D eigenvalue weighted by atomic mass is 9.67. The molecule has 3 aliphatic carbocycles. The minimum atomic E-state index is -0.524. The van der Waals surface area contributed by atoms with E-state index in [-0.39, 0.29) is 5.41 Å². The topological polar surface area (TPSA) is 3.24 Å². The third-order valence-corrected chi connectivity index (χ3v) is 16.4. The van der Waals surface area contributed by atoms with Gasteiger partial charge in [0.05, 0.1) is 16.5 Å². The molecule has 0 unspecified atom stereocenters. The fourth-order valence-electron chi connectivity index (χ4n) is 13.3. The van der Waals surface area contributed by atoms with Gasteiger partial charge in [-0.3, -0.25) is 0 Å². The van der Waals surface area contributed by atoms with Crippen LogP contribution in [0.5, 0.6) is 0 Å². The number of hydrogen-bond acceptors (Lipinski definition) is 1. The van der Waals surface area contributed by atoms with Crippen LogP contribution >= 0.6 is 0 Å². The van der Waals surface area contributed by atoms with Gasteiger partial charge in [0.15, 0.2) is 0 Å². The molecule has 0 radical (unpaired) electrons. The van der Waals surface area contributed by atoms with Gasteiger partial charge < -0.3 is 4.90 Å². The van der Waals surface area contributed by atoms with E-state index in [1.54, 1.807) is 0 Å². The number of nitrogens with zero attached hydrogens (tertiary/aromatic N) is 1. The van der Waals surface area contributed by atoms with Crippen molar-refractivity contribution in [3.05, 3.63) is 329 Å². The van der Waals surface area contributed by atoms with Crippen molar-refractivity contribution in [1.82, 2.24) is 0 Å². The Morgan fingerprint density at radius 3 is 1.25 bits per heavy atom. The fourth-order valence-corrected chi connectivity index (χ4v) is 13.3. The lowest BCUT2D eigenvalue weighted by Crippen LogP contribution is -2.28. The molecule has 0 heterocycles. The number of anilines is 3. The van der Waals surface area contributed by atoms with E-state index in [1.165, 1.54) is 100 Å². The Kier molecular flexibility index (Phi) is 9.44. The molecule has 11 aromatic rings. The average Bonchev–Trinajstić information content (AvgIpc) is 4.01. The molecular formula is C71H51N. The van der Waals surface area contributed by atoms with Crippen LogP contribution in [0, 0.1) is 0 Å². The van der Waals surface area contributed by atoms with Crippen molar-refractivity contribution in [1.29, 1.82) is 0 Å². The van der Waals surface area contributed by atoms with Gasteiger partial charge in [-0.1, -0.05) is 250 Å². The molecule has 0 fully saturated rings. The van der Waals surface area contributed by atoms with Gasteiger partial charge >= 0.3 is 0 Å². The predicted octanol–water partition coefficient (Wildman–Crippen LogP) is 17.9. The maximum Gasteiger partial charge on any atom is 0.0714 e. The van der Waals surface area contributed by atoms with E-state index >= 15 is 0 Å². The first-order valence-electron chi connectivity index (χ1n) is 25.3. The maximum atomic E-state index is 2.53. The molecule has 11 aromatic carbocycles. The summed E-state index contributed by atoms with van der Waals surface area (Å²) in [6.07, 6.45) is 0. The summed E-state index contributed by atoms with van der Waals surface area (Å²) in [5.74, 6) is 0. The molecule has 340 valence electrons. The first-order valence-corrected chi connectivity index (χ1v) is 25.3. The van der Waals surface area contributed by atoms with Gasteiger partial charge in [-0.15, -0.1) is 0 Å². The molecule has 0 N–H and O–H groups in total. The molecule has 3 aliphatic rings. The highest BCUT2D eigenvalue weighted by Gasteiger charge is 2.48. The van der Waals surface area contributed by atoms with Gasteiger partial charge in [0, 0.05) is 22.4 Å². The third kappa shape index (κ3) is 5.89. The molecule has 0 atom stereocenters. The van der Waals surface area contributed by atoms with Gasteiger partial charge in [0.1, 0.15) is 0 Å². The summed E-state index contributed by atoms with van der Waals surface area (Å²) in [7, 11) is 0. The summed E-state index contributed by atoms with van der Waals surface area (Å²) in [4.78, 5) is 2.53. The van der Waals surface area contributed by atoms with Crippen LogP contribution in [0.1, 0.15) is 69.5 Å². The summed E-state index contributed by atoms with van der Waals surface area (Å²) < 4.78 is 0. The number of benzene rings is 11. The molecule has 0 bridgehead atoms. The Morgan fingerprint density at radius 2 is 0.667 bits per heavy atom. The fraction of sp³-hybridized carbons (Fsp3) is 0.0704. The molecule has 0 amide bonds. The molecular weight excluding hydrogens is 867 g/mol. The van der Waals surface area contributed by atoms with Crippen LogP contribution in [0.15, 0.2) is 273 Å². The van der Waals surface area contributed by atoms with Crippen molar-refractivity contribution in [2.75, 3.05) is 4.90 Å². The summed E-state index contributed by atoms with van der Waals surface area (Å²) in [6.45, 7) is 4.76. The Bertz CT molecular complexity index is 3790. The number of fused-ring (bicyclic) bond motifs is 9. The summed E-state index contributed by atoms with van der Waals surface area (Å²) in [5.41, 5.74) is 25.3. The second-order valence-corrected chi connectivity index (χ2v) is 20.3. The largest absolute Gasteiger partial charge is 0.310 e. The zero-order valence-corrected chi connectivity index (χ0v) is 40.4. The van der Waals surface area contributed by atoms with Crippen LogP contribution in [-0.2, 0) is 16.2 Å². The molecule has 0 spiro atoms. The smallest absolute Gasteiger partial charge is 0.0714 e. The first-order chi connectivity index (χ1) is 35.5. The van der Waals surface area contributed by atoms with Crippen molar-refractivity contribution in [2.45, 2.75) is 30.1 Å². The van der Waals surface area contributed by atoms with E-state index in [2.05, 4.69) is 292 Å². The van der Waals surface area contributed by atoms with Crippen LogP contribution in [0.2, 0.25) is 0 Å². The Balaban J connectivity index is 0.972. The SMILES string of the molecule is CC1(C)c2ccccc2-c2ccc(N(c3ccc(-c4ccc5c(c4)C(c4ccccc4)(c4ccccc4)c4ccccc4-5)cc3)c3cccc4c3-c3ccccc3C4(c3ccccc3)c3ccccc3)cc21. The Hall–Kier alpha value is -8.78. The normalized spacial score (nSPS) is 14.6. The van der Waals surface area contributed by atoms with E-state index in [0.717, 1.165) is 17.1 Å². The molecule has 1 nitrogen and oxygen atoms in total. The number of rotatable bonds is 8. The van der Waals surface area contributed by atoms with Crippen molar-refractivity contribution >= 4 is 17.1 Å². The summed E-state index contributed by atoms with van der Waals surface area (Å²) >= 11 is 0. The van der Waals surface area contributed by atoms with E-state index in [0.29, 0.717) is 0 Å². The van der Waals surface area contributed by atoms with Crippen LogP contribution < -0.4 is 4.90 Å². The second kappa shape index (κ2) is 16.1. The number of hydrogen-bond donors (Lipinski definition) is 0. The first kappa shape index (κ1) is 42.1. The molecule has 0 aliphatic heterocycles.